The average molecular weight is 371 g/mol. The van der Waals surface area contributed by atoms with Gasteiger partial charge in [-0.3, -0.25) is 14.6 Å². The second-order valence-electron chi connectivity index (χ2n) is 8.02. The summed E-state index contributed by atoms with van der Waals surface area (Å²) in [5.74, 6) is 0.442. The van der Waals surface area contributed by atoms with E-state index in [1.807, 2.05) is 17.0 Å². The molecule has 3 aliphatic rings. The third kappa shape index (κ3) is 3.24. The van der Waals surface area contributed by atoms with Crippen molar-refractivity contribution in [1.29, 1.82) is 0 Å². The maximum Gasteiger partial charge on any atom is 0.231 e. The van der Waals surface area contributed by atoms with Crippen molar-refractivity contribution in [3.05, 3.63) is 30.1 Å². The first-order valence-corrected chi connectivity index (χ1v) is 10.2. The number of rotatable bonds is 5. The largest absolute Gasteiger partial charge is 0.378 e. The van der Waals surface area contributed by atoms with Crippen molar-refractivity contribution in [2.45, 2.75) is 57.5 Å². The number of morpholine rings is 1. The Labute approximate surface area is 160 Å². The number of pyridine rings is 1. The summed E-state index contributed by atoms with van der Waals surface area (Å²) < 4.78 is 5.41. The number of aryl methyl sites for hydroxylation is 1. The fraction of sp³-hybridized carbons (Fsp3) is 0.667. The van der Waals surface area contributed by atoms with E-state index >= 15 is 0 Å². The molecule has 0 aromatic carbocycles. The van der Waals surface area contributed by atoms with Crippen LogP contribution in [0.15, 0.2) is 24.5 Å². The normalized spacial score (nSPS) is 30.0. The number of hydrogen-bond acceptors (Lipinski definition) is 4. The van der Waals surface area contributed by atoms with Crippen molar-refractivity contribution in [3.8, 4) is 0 Å². The monoisotopic (exact) mass is 371 g/mol. The molecule has 3 saturated heterocycles. The lowest BCUT2D eigenvalue weighted by atomic mass is 9.70. The Kier molecular flexibility index (Phi) is 5.17. The molecule has 3 aliphatic heterocycles. The Morgan fingerprint density at radius 1 is 1.22 bits per heavy atom. The minimum atomic E-state index is -0.396. The van der Waals surface area contributed by atoms with Gasteiger partial charge in [0.05, 0.1) is 18.6 Å². The minimum Gasteiger partial charge on any atom is -0.378 e. The number of aromatic nitrogens is 1. The summed E-state index contributed by atoms with van der Waals surface area (Å²) in [5, 5.41) is 0. The number of fused-ring (bicyclic) bond motifs is 2. The SMILES string of the molecule is CC[C@@]1(C(=O)N2CCOCC2)C[C@@H]2CC[C@H]1N2C(=O)CCc1ccncc1. The molecule has 146 valence electrons. The summed E-state index contributed by atoms with van der Waals surface area (Å²) in [5.41, 5.74) is 0.739. The summed E-state index contributed by atoms with van der Waals surface area (Å²) in [6.07, 6.45) is 8.38. The number of nitrogens with zero attached hydrogens (tertiary/aromatic N) is 3. The lowest BCUT2D eigenvalue weighted by Gasteiger charge is -2.40. The molecular formula is C21H29N3O3. The zero-order valence-electron chi connectivity index (χ0n) is 16.1. The fourth-order valence-electron chi connectivity index (χ4n) is 5.33. The Bertz CT molecular complexity index is 689. The highest BCUT2D eigenvalue weighted by atomic mass is 16.5. The number of carbonyl (C=O) groups is 2. The van der Waals surface area contributed by atoms with Crippen molar-refractivity contribution >= 4 is 11.8 Å². The molecule has 0 aliphatic carbocycles. The van der Waals surface area contributed by atoms with Crippen LogP contribution in [0, 0.1) is 5.41 Å². The first-order valence-electron chi connectivity index (χ1n) is 10.2. The Balaban J connectivity index is 1.47. The summed E-state index contributed by atoms with van der Waals surface area (Å²) >= 11 is 0. The summed E-state index contributed by atoms with van der Waals surface area (Å²) in [6, 6.07) is 4.21. The topological polar surface area (TPSA) is 62.7 Å². The van der Waals surface area contributed by atoms with E-state index in [1.54, 1.807) is 12.4 Å². The molecule has 1 aromatic heterocycles. The molecular weight excluding hydrogens is 342 g/mol. The number of ether oxygens (including phenoxy) is 1. The van der Waals surface area contributed by atoms with Crippen molar-refractivity contribution in [2.24, 2.45) is 5.41 Å². The Morgan fingerprint density at radius 2 is 1.96 bits per heavy atom. The van der Waals surface area contributed by atoms with Crippen LogP contribution in [0.1, 0.15) is 44.6 Å². The van der Waals surface area contributed by atoms with E-state index in [2.05, 4.69) is 16.8 Å². The van der Waals surface area contributed by atoms with Crippen LogP contribution in [0.3, 0.4) is 0 Å². The second kappa shape index (κ2) is 7.58. The van der Waals surface area contributed by atoms with E-state index in [1.165, 1.54) is 0 Å². The molecule has 4 heterocycles. The van der Waals surface area contributed by atoms with Gasteiger partial charge < -0.3 is 14.5 Å². The van der Waals surface area contributed by atoms with Crippen molar-refractivity contribution in [1.82, 2.24) is 14.8 Å². The molecule has 1 aromatic rings. The molecule has 27 heavy (non-hydrogen) atoms. The van der Waals surface area contributed by atoms with Crippen molar-refractivity contribution in [3.63, 3.8) is 0 Å². The van der Waals surface area contributed by atoms with Gasteiger partial charge in [-0.15, -0.1) is 0 Å². The molecule has 0 radical (unpaired) electrons. The first-order chi connectivity index (χ1) is 13.2. The Morgan fingerprint density at radius 3 is 2.67 bits per heavy atom. The number of amides is 2. The second-order valence-corrected chi connectivity index (χ2v) is 8.02. The average Bonchev–Trinajstić information content (AvgIpc) is 3.29. The molecule has 2 amide bonds. The first kappa shape index (κ1) is 18.4. The highest BCUT2D eigenvalue weighted by molar-refractivity contribution is 5.87. The molecule has 6 heteroatoms. The van der Waals surface area contributed by atoms with Gasteiger partial charge in [-0.2, -0.15) is 0 Å². The van der Waals surface area contributed by atoms with Crippen LogP contribution in [-0.2, 0) is 20.7 Å². The van der Waals surface area contributed by atoms with Crippen molar-refractivity contribution < 1.29 is 14.3 Å². The predicted molar refractivity (Wildman–Crippen MR) is 101 cm³/mol. The van der Waals surface area contributed by atoms with Gasteiger partial charge in [0.1, 0.15) is 0 Å². The zero-order valence-corrected chi connectivity index (χ0v) is 16.1. The van der Waals surface area contributed by atoms with Crippen LogP contribution < -0.4 is 0 Å². The fourth-order valence-corrected chi connectivity index (χ4v) is 5.33. The van der Waals surface area contributed by atoms with Gasteiger partial charge in [0.25, 0.3) is 0 Å². The molecule has 3 atom stereocenters. The van der Waals surface area contributed by atoms with Crippen LogP contribution >= 0.6 is 0 Å². The van der Waals surface area contributed by atoms with Crippen LogP contribution in [0.4, 0.5) is 0 Å². The summed E-state index contributed by atoms with van der Waals surface area (Å²) in [4.78, 5) is 34.5. The quantitative estimate of drug-likeness (QED) is 0.795. The molecule has 6 nitrogen and oxygen atoms in total. The zero-order chi connectivity index (χ0) is 18.9. The van der Waals surface area contributed by atoms with Gasteiger partial charge in [-0.1, -0.05) is 6.92 Å². The molecule has 2 bridgehead atoms. The van der Waals surface area contributed by atoms with Crippen LogP contribution in [0.5, 0.6) is 0 Å². The minimum absolute atomic E-state index is 0.0628. The highest BCUT2D eigenvalue weighted by Crippen LogP contribution is 2.53. The van der Waals surface area contributed by atoms with E-state index in [-0.39, 0.29) is 23.9 Å². The van der Waals surface area contributed by atoms with E-state index in [9.17, 15) is 9.59 Å². The molecule has 0 unspecified atom stereocenters. The van der Waals surface area contributed by atoms with Crippen LogP contribution in [-0.4, -0.2) is 65.0 Å². The van der Waals surface area contributed by atoms with E-state index in [4.69, 9.17) is 4.74 Å². The van der Waals surface area contributed by atoms with Crippen LogP contribution in [0.2, 0.25) is 0 Å². The maximum atomic E-state index is 13.4. The predicted octanol–water partition coefficient (Wildman–Crippen LogP) is 2.03. The smallest absolute Gasteiger partial charge is 0.231 e. The summed E-state index contributed by atoms with van der Waals surface area (Å²) in [7, 11) is 0. The van der Waals surface area contributed by atoms with Gasteiger partial charge in [0.15, 0.2) is 0 Å². The van der Waals surface area contributed by atoms with Crippen molar-refractivity contribution in [2.75, 3.05) is 26.3 Å². The van der Waals surface area contributed by atoms with E-state index < -0.39 is 5.41 Å². The summed E-state index contributed by atoms with van der Waals surface area (Å²) in [6.45, 7) is 4.70. The third-order valence-electron chi connectivity index (χ3n) is 6.76. The standard InChI is InChI=1S/C21H29N3O3/c1-2-21(20(26)23-11-13-27-14-12-23)15-17-4-5-18(21)24(17)19(25)6-3-16-7-9-22-10-8-16/h7-10,17-18H,2-6,11-15H2,1H3/t17-,18+,21+/m0/s1. The lowest BCUT2D eigenvalue weighted by molar-refractivity contribution is -0.149. The lowest BCUT2D eigenvalue weighted by Crippen LogP contribution is -2.53. The van der Waals surface area contributed by atoms with Gasteiger partial charge >= 0.3 is 0 Å². The molecule has 0 spiro atoms. The molecule has 4 rings (SSSR count). The van der Waals surface area contributed by atoms with E-state index in [0.717, 1.165) is 37.7 Å². The van der Waals surface area contributed by atoms with Gasteiger partial charge in [0, 0.05) is 44.0 Å². The number of hydrogen-bond donors (Lipinski definition) is 0. The van der Waals surface area contributed by atoms with Gasteiger partial charge in [-0.25, -0.2) is 0 Å². The number of carbonyl (C=O) groups excluding carboxylic acids is 2. The molecule has 0 N–H and O–H groups in total. The Hall–Kier alpha value is -1.95. The molecule has 3 fully saturated rings. The van der Waals surface area contributed by atoms with Gasteiger partial charge in [-0.05, 0) is 49.8 Å². The van der Waals surface area contributed by atoms with E-state index in [0.29, 0.717) is 32.7 Å². The highest BCUT2D eigenvalue weighted by Gasteiger charge is 2.60. The molecule has 0 saturated carbocycles. The van der Waals surface area contributed by atoms with Crippen LogP contribution in [0.25, 0.3) is 0 Å². The van der Waals surface area contributed by atoms with Gasteiger partial charge in [0.2, 0.25) is 11.8 Å². The third-order valence-corrected chi connectivity index (χ3v) is 6.76. The maximum absolute atomic E-state index is 13.4.